The van der Waals surface area contributed by atoms with Crippen LogP contribution in [0.3, 0.4) is 0 Å². The Morgan fingerprint density at radius 3 is 2.60 bits per heavy atom. The number of aryl methyl sites for hydroxylation is 2. The lowest BCUT2D eigenvalue weighted by molar-refractivity contribution is -0.136. The molecule has 1 amide bonds. The lowest BCUT2D eigenvalue weighted by atomic mass is 9.83. The molecule has 2 aromatic rings. The Morgan fingerprint density at radius 1 is 1.08 bits per heavy atom. The van der Waals surface area contributed by atoms with Gasteiger partial charge in [-0.25, -0.2) is 0 Å². The molecule has 0 bridgehead atoms. The van der Waals surface area contributed by atoms with Crippen LogP contribution in [0.15, 0.2) is 42.6 Å². The molecule has 0 spiro atoms. The third-order valence-electron chi connectivity index (χ3n) is 5.53. The van der Waals surface area contributed by atoms with E-state index >= 15 is 0 Å². The van der Waals surface area contributed by atoms with Crippen LogP contribution in [0.5, 0.6) is 0 Å². The zero-order valence-corrected chi connectivity index (χ0v) is 14.8. The highest BCUT2D eigenvalue weighted by Gasteiger charge is 2.30. The molecule has 1 saturated heterocycles. The summed E-state index contributed by atoms with van der Waals surface area (Å²) in [6.45, 7) is 5.46. The molecule has 25 heavy (non-hydrogen) atoms. The van der Waals surface area contributed by atoms with Crippen LogP contribution in [0.4, 0.5) is 5.69 Å². The van der Waals surface area contributed by atoms with Crippen molar-refractivity contribution in [1.29, 1.82) is 0 Å². The summed E-state index contributed by atoms with van der Waals surface area (Å²) in [6, 6.07) is 12.7. The Labute approximate surface area is 149 Å². The number of rotatable bonds is 2. The number of anilines is 1. The summed E-state index contributed by atoms with van der Waals surface area (Å²) in [6.07, 6.45) is 4.78. The van der Waals surface area contributed by atoms with Crippen LogP contribution >= 0.6 is 0 Å². The molecule has 130 valence electrons. The van der Waals surface area contributed by atoms with Gasteiger partial charge < -0.3 is 9.80 Å². The van der Waals surface area contributed by atoms with Crippen molar-refractivity contribution in [3.8, 4) is 0 Å². The van der Waals surface area contributed by atoms with Crippen molar-refractivity contribution in [3.63, 3.8) is 0 Å². The summed E-state index contributed by atoms with van der Waals surface area (Å²) in [5.74, 6) is 0.504. The second-order valence-electron chi connectivity index (χ2n) is 7.18. The maximum Gasteiger partial charge on any atom is 0.226 e. The van der Waals surface area contributed by atoms with Crippen LogP contribution in [0.2, 0.25) is 0 Å². The van der Waals surface area contributed by atoms with E-state index in [1.165, 1.54) is 16.8 Å². The van der Waals surface area contributed by atoms with Gasteiger partial charge in [-0.3, -0.25) is 9.78 Å². The topological polar surface area (TPSA) is 36.4 Å². The van der Waals surface area contributed by atoms with E-state index in [9.17, 15) is 4.79 Å². The molecular weight excluding hydrogens is 310 g/mol. The number of piperazine rings is 1. The molecule has 1 fully saturated rings. The van der Waals surface area contributed by atoms with E-state index in [4.69, 9.17) is 0 Å². The molecule has 1 aromatic heterocycles. The molecule has 1 aliphatic carbocycles. The zero-order chi connectivity index (χ0) is 17.2. The second-order valence-corrected chi connectivity index (χ2v) is 7.18. The van der Waals surface area contributed by atoms with Crippen molar-refractivity contribution in [3.05, 3.63) is 59.4 Å². The molecule has 2 aliphatic rings. The first-order valence-corrected chi connectivity index (χ1v) is 9.24. The van der Waals surface area contributed by atoms with E-state index in [0.29, 0.717) is 5.91 Å². The molecule has 1 atom stereocenters. The highest BCUT2D eigenvalue weighted by Crippen LogP contribution is 2.27. The maximum atomic E-state index is 13.0. The van der Waals surface area contributed by atoms with Gasteiger partial charge in [0.1, 0.15) is 0 Å². The zero-order valence-electron chi connectivity index (χ0n) is 14.8. The SMILES string of the molecule is Cc1cc(N2CCN(C(=O)[C@@H]3CCc4ccccc4C3)CC2)ccn1. The van der Waals surface area contributed by atoms with Crippen LogP contribution in [-0.2, 0) is 17.6 Å². The lowest BCUT2D eigenvalue weighted by Crippen LogP contribution is -2.51. The van der Waals surface area contributed by atoms with Crippen LogP contribution < -0.4 is 4.90 Å². The van der Waals surface area contributed by atoms with Crippen molar-refractivity contribution in [2.24, 2.45) is 5.92 Å². The van der Waals surface area contributed by atoms with Crippen molar-refractivity contribution in [2.75, 3.05) is 31.1 Å². The third kappa shape index (κ3) is 3.39. The first kappa shape index (κ1) is 16.1. The summed E-state index contributed by atoms with van der Waals surface area (Å²) in [5, 5.41) is 0. The fourth-order valence-electron chi connectivity index (χ4n) is 4.08. The van der Waals surface area contributed by atoms with Gasteiger partial charge in [0.15, 0.2) is 0 Å². The number of hydrogen-bond donors (Lipinski definition) is 0. The molecular formula is C21H25N3O. The number of benzene rings is 1. The number of nitrogens with zero attached hydrogens (tertiary/aromatic N) is 3. The standard InChI is InChI=1S/C21H25N3O/c1-16-14-20(8-9-22-16)23-10-12-24(13-11-23)21(25)19-7-6-17-4-2-3-5-18(17)15-19/h2-5,8-9,14,19H,6-7,10-13,15H2,1H3/t19-/m1/s1. The van der Waals surface area contributed by atoms with Crippen LogP contribution in [0.25, 0.3) is 0 Å². The average molecular weight is 335 g/mol. The number of amides is 1. The number of hydrogen-bond acceptors (Lipinski definition) is 3. The minimum absolute atomic E-state index is 0.157. The fraction of sp³-hybridized carbons (Fsp3) is 0.429. The minimum atomic E-state index is 0.157. The fourth-order valence-corrected chi connectivity index (χ4v) is 4.08. The predicted octanol–water partition coefficient (Wildman–Crippen LogP) is 2.84. The molecule has 4 nitrogen and oxygen atoms in total. The van der Waals surface area contributed by atoms with Gasteiger partial charge in [0, 0.05) is 49.7 Å². The molecule has 0 unspecified atom stereocenters. The van der Waals surface area contributed by atoms with Crippen molar-refractivity contribution < 1.29 is 4.79 Å². The van der Waals surface area contributed by atoms with Gasteiger partial charge in [0.05, 0.1) is 0 Å². The van der Waals surface area contributed by atoms with Crippen molar-refractivity contribution >= 4 is 11.6 Å². The van der Waals surface area contributed by atoms with Crippen LogP contribution in [0.1, 0.15) is 23.2 Å². The Morgan fingerprint density at radius 2 is 1.84 bits per heavy atom. The molecule has 0 N–H and O–H groups in total. The maximum absolute atomic E-state index is 13.0. The van der Waals surface area contributed by atoms with Crippen molar-refractivity contribution in [1.82, 2.24) is 9.88 Å². The Kier molecular flexibility index (Phi) is 4.43. The Bertz CT molecular complexity index is 765. The Balaban J connectivity index is 1.37. The van der Waals surface area contributed by atoms with E-state index in [2.05, 4.69) is 51.2 Å². The molecule has 4 rings (SSSR count). The highest BCUT2D eigenvalue weighted by molar-refractivity contribution is 5.80. The van der Waals surface area contributed by atoms with E-state index in [1.807, 2.05) is 13.1 Å². The van der Waals surface area contributed by atoms with Gasteiger partial charge in [0.2, 0.25) is 5.91 Å². The summed E-state index contributed by atoms with van der Waals surface area (Å²) in [5.41, 5.74) is 5.03. The molecule has 0 radical (unpaired) electrons. The van der Waals surface area contributed by atoms with Gasteiger partial charge in [-0.05, 0) is 49.4 Å². The van der Waals surface area contributed by atoms with Crippen LogP contribution in [-0.4, -0.2) is 42.0 Å². The quantitative estimate of drug-likeness (QED) is 0.847. The number of fused-ring (bicyclic) bond motifs is 1. The molecule has 2 heterocycles. The summed E-state index contributed by atoms with van der Waals surface area (Å²) in [7, 11) is 0. The highest BCUT2D eigenvalue weighted by atomic mass is 16.2. The number of pyridine rings is 1. The largest absolute Gasteiger partial charge is 0.368 e. The molecule has 1 aliphatic heterocycles. The summed E-state index contributed by atoms with van der Waals surface area (Å²) >= 11 is 0. The van der Waals surface area contributed by atoms with E-state index in [-0.39, 0.29) is 5.92 Å². The first-order valence-electron chi connectivity index (χ1n) is 9.24. The van der Waals surface area contributed by atoms with Gasteiger partial charge in [-0.2, -0.15) is 0 Å². The molecule has 4 heteroatoms. The monoisotopic (exact) mass is 335 g/mol. The number of carbonyl (C=O) groups excluding carboxylic acids is 1. The molecule has 1 aromatic carbocycles. The predicted molar refractivity (Wildman–Crippen MR) is 99.7 cm³/mol. The smallest absolute Gasteiger partial charge is 0.226 e. The van der Waals surface area contributed by atoms with E-state index in [1.54, 1.807) is 0 Å². The van der Waals surface area contributed by atoms with E-state index in [0.717, 1.165) is 51.1 Å². The lowest BCUT2D eigenvalue weighted by Gasteiger charge is -2.38. The Hall–Kier alpha value is -2.36. The second kappa shape index (κ2) is 6.87. The third-order valence-corrected chi connectivity index (χ3v) is 5.53. The average Bonchev–Trinajstić information content (AvgIpc) is 2.67. The summed E-state index contributed by atoms with van der Waals surface area (Å²) in [4.78, 5) is 21.7. The summed E-state index contributed by atoms with van der Waals surface area (Å²) < 4.78 is 0. The van der Waals surface area contributed by atoms with Gasteiger partial charge in [0.25, 0.3) is 0 Å². The van der Waals surface area contributed by atoms with Gasteiger partial charge in [-0.1, -0.05) is 24.3 Å². The number of carbonyl (C=O) groups is 1. The number of aromatic nitrogens is 1. The first-order chi connectivity index (χ1) is 12.2. The van der Waals surface area contributed by atoms with Gasteiger partial charge in [-0.15, -0.1) is 0 Å². The van der Waals surface area contributed by atoms with Crippen LogP contribution in [0, 0.1) is 12.8 Å². The normalized spacial score (nSPS) is 20.3. The van der Waals surface area contributed by atoms with Gasteiger partial charge >= 0.3 is 0 Å². The minimum Gasteiger partial charge on any atom is -0.368 e. The molecule has 0 saturated carbocycles. The van der Waals surface area contributed by atoms with E-state index < -0.39 is 0 Å². The van der Waals surface area contributed by atoms with Crippen molar-refractivity contribution in [2.45, 2.75) is 26.2 Å².